The Morgan fingerprint density at radius 1 is 0.800 bits per heavy atom. The van der Waals surface area contributed by atoms with Crippen LogP contribution in [0.15, 0.2) is 54.6 Å². The second kappa shape index (κ2) is 3.90. The maximum Gasteiger partial charge on any atom is 0.258 e. The Labute approximate surface area is 116 Å². The summed E-state index contributed by atoms with van der Waals surface area (Å²) in [5.41, 5.74) is 5.31. The molecule has 2 aromatic rings. The van der Waals surface area contributed by atoms with Gasteiger partial charge in [0.05, 0.1) is 5.69 Å². The van der Waals surface area contributed by atoms with Gasteiger partial charge in [-0.1, -0.05) is 36.4 Å². The van der Waals surface area contributed by atoms with Crippen molar-refractivity contribution >= 4 is 17.5 Å². The van der Waals surface area contributed by atoms with Crippen LogP contribution in [0.25, 0.3) is 11.1 Å². The largest absolute Gasteiger partial charge is 0.269 e. The molecule has 1 aliphatic carbocycles. The maximum atomic E-state index is 11.9. The van der Waals surface area contributed by atoms with E-state index in [1.165, 1.54) is 28.2 Å². The Balaban J connectivity index is 1.90. The number of rotatable bonds is 1. The number of amides is 2. The van der Waals surface area contributed by atoms with Crippen molar-refractivity contribution in [3.63, 3.8) is 0 Å². The van der Waals surface area contributed by atoms with E-state index in [1.54, 1.807) is 0 Å². The van der Waals surface area contributed by atoms with Crippen LogP contribution in [-0.4, -0.2) is 11.8 Å². The van der Waals surface area contributed by atoms with Crippen molar-refractivity contribution in [2.24, 2.45) is 0 Å². The van der Waals surface area contributed by atoms with Crippen LogP contribution in [0.1, 0.15) is 11.1 Å². The molecule has 2 aliphatic rings. The standard InChI is InChI=1S/C17H11NO2/c19-16-8-9-17(20)18(16)15-7-3-6-13-12-5-2-1-4-11(12)10-14(13)15/h1-9H,10H2. The van der Waals surface area contributed by atoms with Crippen molar-refractivity contribution in [3.8, 4) is 11.1 Å². The molecule has 0 saturated heterocycles. The molecular formula is C17H11NO2. The number of nitrogens with zero attached hydrogens (tertiary/aromatic N) is 1. The van der Waals surface area contributed by atoms with Crippen LogP contribution >= 0.6 is 0 Å². The summed E-state index contributed by atoms with van der Waals surface area (Å²) in [7, 11) is 0. The van der Waals surface area contributed by atoms with E-state index in [-0.39, 0.29) is 11.8 Å². The van der Waals surface area contributed by atoms with Crippen molar-refractivity contribution in [3.05, 3.63) is 65.7 Å². The first-order valence-electron chi connectivity index (χ1n) is 6.52. The molecule has 0 atom stereocenters. The van der Waals surface area contributed by atoms with Crippen molar-refractivity contribution in [1.29, 1.82) is 0 Å². The lowest BCUT2D eigenvalue weighted by Gasteiger charge is -2.17. The smallest absolute Gasteiger partial charge is 0.258 e. The molecule has 4 rings (SSSR count). The second-order valence-corrected chi connectivity index (χ2v) is 4.98. The molecule has 3 nitrogen and oxygen atoms in total. The molecule has 0 saturated carbocycles. The van der Waals surface area contributed by atoms with E-state index in [0.717, 1.165) is 17.5 Å². The summed E-state index contributed by atoms with van der Waals surface area (Å²) in [5.74, 6) is -0.529. The third-order valence-corrected chi connectivity index (χ3v) is 3.88. The molecule has 0 bridgehead atoms. The molecule has 2 aromatic carbocycles. The summed E-state index contributed by atoms with van der Waals surface area (Å²) in [5, 5.41) is 0. The van der Waals surface area contributed by atoms with Crippen molar-refractivity contribution < 1.29 is 9.59 Å². The zero-order valence-corrected chi connectivity index (χ0v) is 10.7. The molecule has 0 fully saturated rings. The summed E-state index contributed by atoms with van der Waals surface area (Å²) in [4.78, 5) is 25.0. The number of hydrogen-bond donors (Lipinski definition) is 0. The maximum absolute atomic E-state index is 11.9. The van der Waals surface area contributed by atoms with Crippen LogP contribution in [-0.2, 0) is 16.0 Å². The fourth-order valence-corrected chi connectivity index (χ4v) is 2.99. The van der Waals surface area contributed by atoms with Gasteiger partial charge in [-0.3, -0.25) is 9.59 Å². The third kappa shape index (κ3) is 1.40. The number of imide groups is 1. The van der Waals surface area contributed by atoms with Gasteiger partial charge in [0.15, 0.2) is 0 Å². The van der Waals surface area contributed by atoms with Crippen molar-refractivity contribution in [2.75, 3.05) is 4.90 Å². The normalized spacial score (nSPS) is 15.7. The van der Waals surface area contributed by atoms with Crippen LogP contribution < -0.4 is 4.90 Å². The van der Waals surface area contributed by atoms with E-state index in [4.69, 9.17) is 0 Å². The van der Waals surface area contributed by atoms with E-state index >= 15 is 0 Å². The number of hydrogen-bond acceptors (Lipinski definition) is 2. The van der Waals surface area contributed by atoms with Crippen LogP contribution in [0.3, 0.4) is 0 Å². The van der Waals surface area contributed by atoms with E-state index in [1.807, 2.05) is 30.3 Å². The molecule has 0 spiro atoms. The zero-order valence-electron chi connectivity index (χ0n) is 10.7. The number of fused-ring (bicyclic) bond motifs is 3. The molecule has 0 radical (unpaired) electrons. The van der Waals surface area contributed by atoms with Crippen LogP contribution in [0.2, 0.25) is 0 Å². The predicted molar refractivity (Wildman–Crippen MR) is 76.3 cm³/mol. The highest BCUT2D eigenvalue weighted by molar-refractivity contribution is 6.28. The minimum absolute atomic E-state index is 0.264. The van der Waals surface area contributed by atoms with E-state index in [9.17, 15) is 9.59 Å². The molecule has 3 heteroatoms. The minimum atomic E-state index is -0.264. The average Bonchev–Trinajstić information content (AvgIpc) is 3.00. The highest BCUT2D eigenvalue weighted by atomic mass is 16.2. The van der Waals surface area contributed by atoms with Gasteiger partial charge in [0.1, 0.15) is 0 Å². The Morgan fingerprint density at radius 3 is 2.30 bits per heavy atom. The fourth-order valence-electron chi connectivity index (χ4n) is 2.99. The molecule has 1 aliphatic heterocycles. The monoisotopic (exact) mass is 261 g/mol. The highest BCUT2D eigenvalue weighted by Gasteiger charge is 2.30. The lowest BCUT2D eigenvalue weighted by atomic mass is 10.0. The molecule has 0 unspecified atom stereocenters. The van der Waals surface area contributed by atoms with Gasteiger partial charge in [-0.15, -0.1) is 0 Å². The number of carbonyl (C=O) groups is 2. The van der Waals surface area contributed by atoms with Crippen LogP contribution in [0.5, 0.6) is 0 Å². The first-order chi connectivity index (χ1) is 9.75. The molecule has 96 valence electrons. The fraction of sp³-hybridized carbons (Fsp3) is 0.0588. The Hall–Kier alpha value is -2.68. The van der Waals surface area contributed by atoms with Crippen LogP contribution in [0, 0.1) is 0 Å². The summed E-state index contributed by atoms with van der Waals surface area (Å²) >= 11 is 0. The quantitative estimate of drug-likeness (QED) is 0.631. The Morgan fingerprint density at radius 2 is 1.50 bits per heavy atom. The summed E-state index contributed by atoms with van der Waals surface area (Å²) in [6, 6.07) is 14.0. The molecule has 20 heavy (non-hydrogen) atoms. The van der Waals surface area contributed by atoms with E-state index in [0.29, 0.717) is 5.69 Å². The minimum Gasteiger partial charge on any atom is -0.269 e. The Kier molecular flexibility index (Phi) is 2.18. The van der Waals surface area contributed by atoms with Crippen molar-refractivity contribution in [1.82, 2.24) is 0 Å². The summed E-state index contributed by atoms with van der Waals surface area (Å²) in [6.45, 7) is 0. The predicted octanol–water partition coefficient (Wildman–Crippen LogP) is 2.69. The third-order valence-electron chi connectivity index (χ3n) is 3.88. The van der Waals surface area contributed by atoms with Gasteiger partial charge in [-0.2, -0.15) is 0 Å². The number of anilines is 1. The van der Waals surface area contributed by atoms with Gasteiger partial charge in [-0.05, 0) is 28.3 Å². The van der Waals surface area contributed by atoms with Gasteiger partial charge in [0.25, 0.3) is 11.8 Å². The first-order valence-corrected chi connectivity index (χ1v) is 6.52. The Bertz CT molecular complexity index is 771. The first kappa shape index (κ1) is 11.2. The van der Waals surface area contributed by atoms with Gasteiger partial charge < -0.3 is 0 Å². The molecule has 0 N–H and O–H groups in total. The van der Waals surface area contributed by atoms with E-state index < -0.39 is 0 Å². The summed E-state index contributed by atoms with van der Waals surface area (Å²) in [6.07, 6.45) is 3.41. The van der Waals surface area contributed by atoms with Gasteiger partial charge in [0.2, 0.25) is 0 Å². The lowest BCUT2D eigenvalue weighted by molar-refractivity contribution is -0.119. The van der Waals surface area contributed by atoms with Crippen molar-refractivity contribution in [2.45, 2.75) is 6.42 Å². The SMILES string of the molecule is O=C1C=CC(=O)N1c1cccc2c1Cc1ccccc1-2. The van der Waals surface area contributed by atoms with Crippen LogP contribution in [0.4, 0.5) is 5.69 Å². The van der Waals surface area contributed by atoms with Gasteiger partial charge in [-0.25, -0.2) is 4.90 Å². The van der Waals surface area contributed by atoms with Gasteiger partial charge >= 0.3 is 0 Å². The topological polar surface area (TPSA) is 37.4 Å². The zero-order chi connectivity index (χ0) is 13.7. The highest BCUT2D eigenvalue weighted by Crippen LogP contribution is 2.41. The van der Waals surface area contributed by atoms with E-state index in [2.05, 4.69) is 12.1 Å². The number of benzene rings is 2. The molecular weight excluding hydrogens is 250 g/mol. The second-order valence-electron chi connectivity index (χ2n) is 4.98. The average molecular weight is 261 g/mol. The number of carbonyl (C=O) groups excluding carboxylic acids is 2. The van der Waals surface area contributed by atoms with Gasteiger partial charge in [0, 0.05) is 18.6 Å². The molecule has 2 amide bonds. The lowest BCUT2D eigenvalue weighted by Crippen LogP contribution is -2.30. The molecule has 1 heterocycles. The molecule has 0 aromatic heterocycles. The summed E-state index contributed by atoms with van der Waals surface area (Å²) < 4.78 is 0.